The largest absolute Gasteiger partial charge is 0.393 e. The van der Waals surface area contributed by atoms with Crippen molar-refractivity contribution in [3.63, 3.8) is 0 Å². The average Bonchev–Trinajstić information content (AvgIpc) is 2.68. The minimum absolute atomic E-state index is 0.0289. The van der Waals surface area contributed by atoms with Crippen molar-refractivity contribution >= 4 is 6.29 Å². The molecule has 3 nitrogen and oxygen atoms in total. The van der Waals surface area contributed by atoms with Crippen LogP contribution in [-0.4, -0.2) is 28.7 Å². The second-order valence-corrected chi connectivity index (χ2v) is 11.7. The molecule has 2 fully saturated rings. The van der Waals surface area contributed by atoms with Crippen molar-refractivity contribution in [2.24, 2.45) is 35.5 Å². The minimum Gasteiger partial charge on any atom is -0.393 e. The van der Waals surface area contributed by atoms with Gasteiger partial charge in [0.2, 0.25) is 0 Å². The molecule has 2 aliphatic carbocycles. The highest BCUT2D eigenvalue weighted by atomic mass is 16.3. The zero-order valence-electron chi connectivity index (χ0n) is 23.1. The summed E-state index contributed by atoms with van der Waals surface area (Å²) in [5.41, 5.74) is 2.51. The molecule has 0 aromatic heterocycles. The summed E-state index contributed by atoms with van der Waals surface area (Å²) < 4.78 is 0. The van der Waals surface area contributed by atoms with Crippen LogP contribution >= 0.6 is 0 Å². The Morgan fingerprint density at radius 2 is 1.48 bits per heavy atom. The van der Waals surface area contributed by atoms with Gasteiger partial charge in [-0.2, -0.15) is 0 Å². The fourth-order valence-corrected chi connectivity index (χ4v) is 5.02. The van der Waals surface area contributed by atoms with Gasteiger partial charge in [-0.1, -0.05) is 64.8 Å². The summed E-state index contributed by atoms with van der Waals surface area (Å²) >= 11 is 0. The highest BCUT2D eigenvalue weighted by molar-refractivity contribution is 5.49. The minimum atomic E-state index is -0.128. The van der Waals surface area contributed by atoms with E-state index in [9.17, 15) is 15.0 Å². The van der Waals surface area contributed by atoms with E-state index in [2.05, 4.69) is 61.1 Å². The summed E-state index contributed by atoms with van der Waals surface area (Å²) in [6.45, 7) is 21.1. The fraction of sp³-hybridized carbons (Fsp3) is 0.833. The van der Waals surface area contributed by atoms with Crippen LogP contribution in [0.1, 0.15) is 113 Å². The van der Waals surface area contributed by atoms with Gasteiger partial charge in [-0.3, -0.25) is 0 Å². The van der Waals surface area contributed by atoms with E-state index in [0.717, 1.165) is 49.9 Å². The summed E-state index contributed by atoms with van der Waals surface area (Å²) in [6.07, 6.45) is 12.9. The Morgan fingerprint density at radius 1 is 0.939 bits per heavy atom. The van der Waals surface area contributed by atoms with Gasteiger partial charge in [0.05, 0.1) is 12.2 Å². The molecule has 0 saturated heterocycles. The van der Waals surface area contributed by atoms with Gasteiger partial charge in [-0.25, -0.2) is 0 Å². The highest BCUT2D eigenvalue weighted by Gasteiger charge is 2.29. The molecular weight excluding hydrogens is 408 g/mol. The number of aldehydes is 1. The average molecular weight is 465 g/mol. The predicted molar refractivity (Wildman–Crippen MR) is 143 cm³/mol. The van der Waals surface area contributed by atoms with Crippen molar-refractivity contribution in [3.8, 4) is 0 Å². The topological polar surface area (TPSA) is 57.5 Å². The lowest BCUT2D eigenvalue weighted by Crippen LogP contribution is -2.31. The summed E-state index contributed by atoms with van der Waals surface area (Å²) in [4.78, 5) is 10.1. The van der Waals surface area contributed by atoms with Gasteiger partial charge in [0.15, 0.2) is 0 Å². The molecule has 3 heteroatoms. The molecule has 33 heavy (non-hydrogen) atoms. The molecule has 0 radical (unpaired) electrons. The molecule has 7 atom stereocenters. The maximum absolute atomic E-state index is 10.1. The number of hydrogen-bond acceptors (Lipinski definition) is 3. The maximum atomic E-state index is 10.1. The molecule has 2 aliphatic rings. The third kappa shape index (κ3) is 14.8. The van der Waals surface area contributed by atoms with Gasteiger partial charge in [0.1, 0.15) is 6.29 Å². The number of carbonyl (C=O) groups is 1. The lowest BCUT2D eigenvalue weighted by atomic mass is 9.75. The maximum Gasteiger partial charge on any atom is 0.120 e. The van der Waals surface area contributed by atoms with E-state index in [4.69, 9.17) is 0 Å². The number of hydrogen-bond donors (Lipinski definition) is 2. The fourth-order valence-electron chi connectivity index (χ4n) is 5.02. The number of carbonyl (C=O) groups excluding carboxylic acids is 1. The van der Waals surface area contributed by atoms with E-state index < -0.39 is 0 Å². The SMILES string of the molecule is C=C(C)C1CC[C@@H](C)C[C@H]1O.CC(C)=CCC[C@@H](C)CC=O.CC(C)C1CC[C@@H](C)C[C@H]1O. The van der Waals surface area contributed by atoms with Gasteiger partial charge in [0.25, 0.3) is 0 Å². The molecule has 0 aromatic carbocycles. The van der Waals surface area contributed by atoms with Crippen molar-refractivity contribution in [2.45, 2.75) is 125 Å². The molecule has 0 aliphatic heterocycles. The van der Waals surface area contributed by atoms with Crippen LogP contribution in [-0.2, 0) is 4.79 Å². The van der Waals surface area contributed by atoms with Crippen molar-refractivity contribution in [1.29, 1.82) is 0 Å². The molecule has 2 unspecified atom stereocenters. The van der Waals surface area contributed by atoms with Crippen molar-refractivity contribution in [3.05, 3.63) is 23.8 Å². The molecule has 2 rings (SSSR count). The van der Waals surface area contributed by atoms with E-state index >= 15 is 0 Å². The molecule has 0 bridgehead atoms. The zero-order chi connectivity index (χ0) is 25.6. The molecule has 0 spiro atoms. The van der Waals surface area contributed by atoms with E-state index in [0.29, 0.717) is 36.0 Å². The first-order valence-electron chi connectivity index (χ1n) is 13.5. The lowest BCUT2D eigenvalue weighted by Gasteiger charge is -2.33. The normalized spacial score (nSPS) is 30.2. The lowest BCUT2D eigenvalue weighted by molar-refractivity contribution is -0.108. The van der Waals surface area contributed by atoms with Gasteiger partial charge in [0, 0.05) is 12.3 Å². The smallest absolute Gasteiger partial charge is 0.120 e. The van der Waals surface area contributed by atoms with Gasteiger partial charge < -0.3 is 15.0 Å². The number of rotatable bonds is 7. The quantitative estimate of drug-likeness (QED) is 0.299. The van der Waals surface area contributed by atoms with E-state index in [1.165, 1.54) is 24.8 Å². The third-order valence-corrected chi connectivity index (χ3v) is 7.41. The van der Waals surface area contributed by atoms with E-state index in [1.807, 2.05) is 6.92 Å². The molecular formula is C30H56O3. The first-order valence-corrected chi connectivity index (χ1v) is 13.5. The van der Waals surface area contributed by atoms with Crippen LogP contribution in [0, 0.1) is 35.5 Å². The molecule has 0 amide bonds. The van der Waals surface area contributed by atoms with Crippen LogP contribution < -0.4 is 0 Å². The van der Waals surface area contributed by atoms with Crippen molar-refractivity contribution in [2.75, 3.05) is 0 Å². The van der Waals surface area contributed by atoms with Gasteiger partial charge in [-0.15, -0.1) is 0 Å². The number of allylic oxidation sites excluding steroid dienone is 2. The monoisotopic (exact) mass is 464 g/mol. The molecule has 0 aromatic rings. The van der Waals surface area contributed by atoms with Crippen LogP contribution in [0.3, 0.4) is 0 Å². The summed E-state index contributed by atoms with van der Waals surface area (Å²) in [7, 11) is 0. The van der Waals surface area contributed by atoms with Gasteiger partial charge in [-0.05, 0) is 95.3 Å². The van der Waals surface area contributed by atoms with Crippen molar-refractivity contribution < 1.29 is 15.0 Å². The first kappa shape index (κ1) is 32.1. The number of aliphatic hydroxyl groups is 2. The first-order chi connectivity index (χ1) is 15.4. The predicted octanol–water partition coefficient (Wildman–Crippen LogP) is 7.76. The molecule has 2 N–H and O–H groups in total. The Morgan fingerprint density at radius 3 is 1.91 bits per heavy atom. The van der Waals surface area contributed by atoms with E-state index in [1.54, 1.807) is 0 Å². The Hall–Kier alpha value is -0.930. The second-order valence-electron chi connectivity index (χ2n) is 11.7. The summed E-state index contributed by atoms with van der Waals surface area (Å²) in [5.74, 6) is 3.55. The third-order valence-electron chi connectivity index (χ3n) is 7.41. The Bertz CT molecular complexity index is 561. The van der Waals surface area contributed by atoms with E-state index in [-0.39, 0.29) is 12.2 Å². The number of aliphatic hydroxyl groups excluding tert-OH is 2. The Balaban J connectivity index is 0.000000465. The molecule has 194 valence electrons. The van der Waals surface area contributed by atoms with Crippen LogP contribution in [0.15, 0.2) is 23.8 Å². The second kappa shape index (κ2) is 17.5. The Kier molecular flexibility index (Phi) is 17.0. The van der Waals surface area contributed by atoms with Crippen LogP contribution in [0.5, 0.6) is 0 Å². The Labute approximate surface area is 206 Å². The van der Waals surface area contributed by atoms with Crippen LogP contribution in [0.25, 0.3) is 0 Å². The summed E-state index contributed by atoms with van der Waals surface area (Å²) in [5, 5.41) is 19.4. The highest BCUT2D eigenvalue weighted by Crippen LogP contribution is 2.33. The molecule has 0 heterocycles. The zero-order valence-corrected chi connectivity index (χ0v) is 23.1. The molecule has 2 saturated carbocycles. The standard InChI is InChI=1S/C10H20O.2C10H18O/c2*1-7(2)9-5-4-8(3)6-10(9)11;1-9(2)5-4-6-10(3)7-8-11/h7-11H,4-6H2,1-3H3;8-11H,1,4-6H2,2-3H3;5,8,10H,4,6-7H2,1-3H3/t2*8-,9?,10-;10-/m111/s1. The summed E-state index contributed by atoms with van der Waals surface area (Å²) in [6, 6.07) is 0. The van der Waals surface area contributed by atoms with Crippen molar-refractivity contribution in [1.82, 2.24) is 0 Å². The van der Waals surface area contributed by atoms with Crippen LogP contribution in [0.4, 0.5) is 0 Å². The van der Waals surface area contributed by atoms with Gasteiger partial charge >= 0.3 is 0 Å². The van der Waals surface area contributed by atoms with Crippen LogP contribution in [0.2, 0.25) is 0 Å².